The van der Waals surface area contributed by atoms with E-state index in [1.54, 1.807) is 26.0 Å². The van der Waals surface area contributed by atoms with E-state index < -0.39 is 20.0 Å². The standard InChI is InChI=1S/C27H33N2O5S/c1-17-12-13-25(35(31,32)29(27(30)33-6)14-8-9-20(29)4)21(5)23(17)16-34-24-11-7-10-22-18(2)15-19(3)28-26(22)24/h7,10-13,15,20H,8-9,14,16H2,1-6H3/q+1/t20-,29?/m1/s1. The molecule has 1 saturated heterocycles. The van der Waals surface area contributed by atoms with Crippen LogP contribution >= 0.6 is 0 Å². The number of carbonyl (C=O) groups is 1. The number of benzene rings is 2. The molecule has 35 heavy (non-hydrogen) atoms. The van der Waals surface area contributed by atoms with E-state index in [0.717, 1.165) is 33.3 Å². The van der Waals surface area contributed by atoms with E-state index in [-0.39, 0.29) is 24.1 Å². The van der Waals surface area contributed by atoms with E-state index in [4.69, 9.17) is 9.47 Å². The average molecular weight is 498 g/mol. The molecular formula is C27H33N2O5S+. The van der Waals surface area contributed by atoms with Crippen molar-refractivity contribution in [3.8, 4) is 5.75 Å². The molecule has 0 bridgehead atoms. The number of likely N-dealkylation sites (tertiary alicyclic amines) is 1. The highest BCUT2D eigenvalue weighted by molar-refractivity contribution is 7.86. The molecule has 1 aromatic heterocycles. The number of aryl methyl sites for hydroxylation is 3. The van der Waals surface area contributed by atoms with Crippen LogP contribution in [-0.4, -0.2) is 43.1 Å². The zero-order valence-corrected chi connectivity index (χ0v) is 22.0. The van der Waals surface area contributed by atoms with Crippen molar-refractivity contribution in [2.24, 2.45) is 0 Å². The normalized spacial score (nSPS) is 20.2. The van der Waals surface area contributed by atoms with E-state index in [2.05, 4.69) is 4.98 Å². The average Bonchev–Trinajstić information content (AvgIpc) is 3.21. The van der Waals surface area contributed by atoms with Crippen molar-refractivity contribution in [3.05, 3.63) is 64.3 Å². The number of quaternary nitrogens is 1. The van der Waals surface area contributed by atoms with Gasteiger partial charge in [0.25, 0.3) is 0 Å². The van der Waals surface area contributed by atoms with Gasteiger partial charge in [0, 0.05) is 23.9 Å². The van der Waals surface area contributed by atoms with Crippen LogP contribution in [0.2, 0.25) is 0 Å². The first-order chi connectivity index (χ1) is 16.5. The number of hydrogen-bond donors (Lipinski definition) is 0. The lowest BCUT2D eigenvalue weighted by molar-refractivity contribution is -0.742. The van der Waals surface area contributed by atoms with Crippen molar-refractivity contribution < 1.29 is 26.6 Å². The monoisotopic (exact) mass is 497 g/mol. The van der Waals surface area contributed by atoms with Gasteiger partial charge in [0.2, 0.25) is 0 Å². The molecule has 0 spiro atoms. The van der Waals surface area contributed by atoms with Crippen LogP contribution in [0.1, 0.15) is 47.7 Å². The number of sulfonamides is 1. The maximum atomic E-state index is 14.0. The fraction of sp³-hybridized carbons (Fsp3) is 0.407. The molecule has 0 radical (unpaired) electrons. The minimum Gasteiger partial charge on any atom is -0.487 e. The highest BCUT2D eigenvalue weighted by Gasteiger charge is 2.58. The maximum Gasteiger partial charge on any atom is 0.531 e. The fourth-order valence-corrected chi connectivity index (χ4v) is 7.62. The molecule has 0 aliphatic carbocycles. The Morgan fingerprint density at radius 1 is 1.11 bits per heavy atom. The SMILES string of the molecule is COC(=O)[N+]1(S(=O)(=O)c2ccc(C)c(COc3cccc4c(C)cc(C)nc34)c2C)CCC[C@H]1C. The van der Waals surface area contributed by atoms with E-state index in [1.165, 1.54) is 7.11 Å². The fourth-order valence-electron chi connectivity index (χ4n) is 5.30. The molecule has 7 nitrogen and oxygen atoms in total. The minimum absolute atomic E-state index is 0.142. The number of rotatable bonds is 5. The van der Waals surface area contributed by atoms with E-state index in [1.807, 2.05) is 45.0 Å². The minimum atomic E-state index is -4.06. The number of nitrogens with zero attached hydrogens (tertiary/aromatic N) is 2. The van der Waals surface area contributed by atoms with Crippen molar-refractivity contribution >= 4 is 27.0 Å². The Morgan fingerprint density at radius 3 is 2.51 bits per heavy atom. The Labute approximate surface area is 207 Å². The van der Waals surface area contributed by atoms with Gasteiger partial charge in [-0.1, -0.05) is 18.2 Å². The summed E-state index contributed by atoms with van der Waals surface area (Å²) in [7, 11) is -2.82. The lowest BCUT2D eigenvalue weighted by atomic mass is 10.0. The van der Waals surface area contributed by atoms with Gasteiger partial charge in [-0.15, -0.1) is 3.89 Å². The van der Waals surface area contributed by atoms with Crippen molar-refractivity contribution in [2.45, 2.75) is 65.0 Å². The first kappa shape index (κ1) is 25.1. The summed E-state index contributed by atoms with van der Waals surface area (Å²) in [6.45, 7) is 9.89. The van der Waals surface area contributed by atoms with Gasteiger partial charge in [-0.3, -0.25) is 0 Å². The van der Waals surface area contributed by atoms with Gasteiger partial charge in [0.15, 0.2) is 0 Å². The number of amides is 1. The van der Waals surface area contributed by atoms with E-state index in [9.17, 15) is 13.2 Å². The third-order valence-electron chi connectivity index (χ3n) is 7.31. The van der Waals surface area contributed by atoms with Gasteiger partial charge < -0.3 is 9.47 Å². The summed E-state index contributed by atoms with van der Waals surface area (Å²) in [5.41, 5.74) is 5.10. The smallest absolute Gasteiger partial charge is 0.487 e. The summed E-state index contributed by atoms with van der Waals surface area (Å²) in [6, 6.07) is 10.9. The van der Waals surface area contributed by atoms with Gasteiger partial charge in [-0.2, -0.15) is 13.2 Å². The Bertz CT molecular complexity index is 1420. The number of pyridine rings is 1. The predicted octanol–water partition coefficient (Wildman–Crippen LogP) is 5.50. The van der Waals surface area contributed by atoms with Crippen LogP contribution in [0.3, 0.4) is 0 Å². The van der Waals surface area contributed by atoms with Crippen molar-refractivity contribution in [1.29, 1.82) is 0 Å². The summed E-state index contributed by atoms with van der Waals surface area (Å²) >= 11 is 0. The van der Waals surface area contributed by atoms with Gasteiger partial charge in [0.05, 0.1) is 7.11 Å². The highest BCUT2D eigenvalue weighted by atomic mass is 32.2. The first-order valence-electron chi connectivity index (χ1n) is 11.8. The Kier molecular flexibility index (Phi) is 6.64. The molecule has 3 aromatic rings. The number of fused-ring (bicyclic) bond motifs is 1. The maximum absolute atomic E-state index is 14.0. The molecule has 2 aromatic carbocycles. The quantitative estimate of drug-likeness (QED) is 0.433. The molecule has 186 valence electrons. The number of para-hydroxylation sites is 1. The second kappa shape index (κ2) is 9.24. The number of ether oxygens (including phenoxy) is 2. The third kappa shape index (κ3) is 3.98. The van der Waals surface area contributed by atoms with Gasteiger partial charge in [-0.25, -0.2) is 4.98 Å². The summed E-state index contributed by atoms with van der Waals surface area (Å²) in [5.74, 6) is 0.646. The predicted molar refractivity (Wildman–Crippen MR) is 135 cm³/mol. The molecule has 4 rings (SSSR count). The zero-order chi connectivity index (χ0) is 25.5. The van der Waals surface area contributed by atoms with Crippen LogP contribution < -0.4 is 4.74 Å². The topological polar surface area (TPSA) is 82.6 Å². The van der Waals surface area contributed by atoms with Crippen LogP contribution in [-0.2, 0) is 21.4 Å². The molecule has 1 aliphatic heterocycles. The number of methoxy groups -OCH3 is 1. The third-order valence-corrected chi connectivity index (χ3v) is 9.85. The number of aromatic nitrogens is 1. The Morgan fingerprint density at radius 2 is 1.86 bits per heavy atom. The summed E-state index contributed by atoms with van der Waals surface area (Å²) in [5, 5.41) is 1.02. The molecule has 1 amide bonds. The molecule has 2 heterocycles. The van der Waals surface area contributed by atoms with Crippen molar-refractivity contribution in [3.63, 3.8) is 0 Å². The van der Waals surface area contributed by atoms with Crippen molar-refractivity contribution in [2.75, 3.05) is 13.7 Å². The molecule has 2 atom stereocenters. The van der Waals surface area contributed by atoms with Gasteiger partial charge in [0.1, 0.15) is 35.4 Å². The molecule has 0 saturated carbocycles. The van der Waals surface area contributed by atoms with Crippen LogP contribution in [0.5, 0.6) is 5.75 Å². The van der Waals surface area contributed by atoms with Crippen LogP contribution in [0.4, 0.5) is 4.79 Å². The second-order valence-electron chi connectivity index (χ2n) is 9.46. The second-order valence-corrected chi connectivity index (χ2v) is 11.5. The lowest BCUT2D eigenvalue weighted by Crippen LogP contribution is -2.58. The molecule has 8 heteroatoms. The first-order valence-corrected chi connectivity index (χ1v) is 13.3. The summed E-state index contributed by atoms with van der Waals surface area (Å²) in [6.07, 6.45) is 0.547. The molecule has 1 aliphatic rings. The highest BCUT2D eigenvalue weighted by Crippen LogP contribution is 2.39. The van der Waals surface area contributed by atoms with E-state index in [0.29, 0.717) is 24.2 Å². The Hall–Kier alpha value is -2.97. The molecule has 0 N–H and O–H groups in total. The lowest BCUT2D eigenvalue weighted by Gasteiger charge is -2.32. The van der Waals surface area contributed by atoms with E-state index >= 15 is 0 Å². The van der Waals surface area contributed by atoms with Gasteiger partial charge >= 0.3 is 16.1 Å². The molecular weight excluding hydrogens is 464 g/mol. The van der Waals surface area contributed by atoms with Crippen LogP contribution in [0, 0.1) is 27.7 Å². The molecule has 1 fully saturated rings. The zero-order valence-electron chi connectivity index (χ0n) is 21.2. The number of carbonyl (C=O) groups excluding carboxylic acids is 1. The van der Waals surface area contributed by atoms with Crippen LogP contribution in [0.25, 0.3) is 10.9 Å². The molecule has 1 unspecified atom stereocenters. The number of hydrogen-bond acceptors (Lipinski definition) is 6. The van der Waals surface area contributed by atoms with Gasteiger partial charge in [-0.05, 0) is 75.1 Å². The van der Waals surface area contributed by atoms with Crippen molar-refractivity contribution in [1.82, 2.24) is 4.98 Å². The van der Waals surface area contributed by atoms with Crippen LogP contribution in [0.15, 0.2) is 41.3 Å². The largest absolute Gasteiger partial charge is 0.531 e. The Balaban J connectivity index is 1.76. The summed E-state index contributed by atoms with van der Waals surface area (Å²) < 4.78 is 38.5. The summed E-state index contributed by atoms with van der Waals surface area (Å²) in [4.78, 5) is 17.7.